The van der Waals surface area contributed by atoms with Crippen LogP contribution in [0.15, 0.2) is 66.4 Å². The number of nitro benzene ring substituents is 1. The highest BCUT2D eigenvalue weighted by Gasteiger charge is 2.37. The number of barbiturate groups is 1. The van der Waals surface area contributed by atoms with Gasteiger partial charge in [0.05, 0.1) is 21.3 Å². The number of aromatic nitrogens is 1. The fraction of sp³-hybridized carbons (Fsp3) is 0. The predicted octanol–water partition coefficient (Wildman–Crippen LogP) is 4.36. The summed E-state index contributed by atoms with van der Waals surface area (Å²) in [5.41, 5.74) is 0.583. The zero-order chi connectivity index (χ0) is 23.0. The SMILES string of the molecule is O=C1NC(=O)N(c2ccc(Cl)cc2)C(=O)C1=Cc1cccn1-c1ccc([N+](=O)[O-])cc1Cl. The molecule has 0 unspecified atom stereocenters. The van der Waals surface area contributed by atoms with Crippen molar-refractivity contribution in [2.24, 2.45) is 0 Å². The molecule has 32 heavy (non-hydrogen) atoms. The van der Waals surface area contributed by atoms with Crippen molar-refractivity contribution in [2.45, 2.75) is 0 Å². The van der Waals surface area contributed by atoms with E-state index >= 15 is 0 Å². The quantitative estimate of drug-likeness (QED) is 0.263. The Hall–Kier alpha value is -3.95. The largest absolute Gasteiger partial charge is 0.335 e. The molecular formula is C21H12Cl2N4O5. The van der Waals surface area contributed by atoms with Crippen molar-refractivity contribution in [3.8, 4) is 5.69 Å². The number of halogens is 2. The molecule has 0 atom stereocenters. The Morgan fingerprint density at radius 3 is 2.38 bits per heavy atom. The second-order valence-corrected chi connectivity index (χ2v) is 7.47. The average Bonchev–Trinajstić information content (AvgIpc) is 3.20. The number of carbonyl (C=O) groups is 3. The van der Waals surface area contributed by atoms with Gasteiger partial charge in [0.15, 0.2) is 0 Å². The maximum absolute atomic E-state index is 13.0. The molecule has 1 aromatic heterocycles. The Bertz CT molecular complexity index is 1310. The first kappa shape index (κ1) is 21.3. The summed E-state index contributed by atoms with van der Waals surface area (Å²) in [6, 6.07) is 12.3. The number of urea groups is 1. The van der Waals surface area contributed by atoms with Crippen LogP contribution in [0.4, 0.5) is 16.2 Å². The number of anilines is 1. The molecule has 11 heteroatoms. The molecule has 0 bridgehead atoms. The maximum atomic E-state index is 13.0. The third-order valence-corrected chi connectivity index (χ3v) is 5.22. The van der Waals surface area contributed by atoms with Gasteiger partial charge in [-0.1, -0.05) is 23.2 Å². The zero-order valence-corrected chi connectivity index (χ0v) is 17.5. The fourth-order valence-electron chi connectivity index (χ4n) is 3.17. The first-order chi connectivity index (χ1) is 15.3. The first-order valence-electron chi connectivity index (χ1n) is 9.05. The normalized spacial score (nSPS) is 15.2. The number of rotatable bonds is 4. The highest BCUT2D eigenvalue weighted by Crippen LogP contribution is 2.28. The number of nitro groups is 1. The van der Waals surface area contributed by atoms with Crippen LogP contribution >= 0.6 is 23.2 Å². The lowest BCUT2D eigenvalue weighted by molar-refractivity contribution is -0.384. The molecule has 2 aromatic carbocycles. The van der Waals surface area contributed by atoms with Gasteiger partial charge < -0.3 is 4.57 Å². The fourth-order valence-corrected chi connectivity index (χ4v) is 3.56. The summed E-state index contributed by atoms with van der Waals surface area (Å²) in [6.45, 7) is 0. The molecule has 1 N–H and O–H groups in total. The molecule has 0 aliphatic carbocycles. The monoisotopic (exact) mass is 470 g/mol. The molecule has 4 amide bonds. The van der Waals surface area contributed by atoms with Gasteiger partial charge in [0, 0.05) is 29.0 Å². The Morgan fingerprint density at radius 1 is 1.00 bits per heavy atom. The average molecular weight is 471 g/mol. The second-order valence-electron chi connectivity index (χ2n) is 6.63. The van der Waals surface area contributed by atoms with E-state index in [0.29, 0.717) is 16.4 Å². The molecule has 1 aliphatic rings. The Morgan fingerprint density at radius 2 is 1.72 bits per heavy atom. The molecule has 0 saturated carbocycles. The van der Waals surface area contributed by atoms with Gasteiger partial charge in [-0.2, -0.15) is 0 Å². The van der Waals surface area contributed by atoms with Crippen LogP contribution < -0.4 is 10.2 Å². The number of non-ortho nitro benzene ring substituents is 1. The molecule has 9 nitrogen and oxygen atoms in total. The lowest BCUT2D eigenvalue weighted by Crippen LogP contribution is -2.54. The van der Waals surface area contributed by atoms with Gasteiger partial charge in [-0.05, 0) is 48.5 Å². The topological polar surface area (TPSA) is 115 Å². The second kappa shape index (κ2) is 8.29. The van der Waals surface area contributed by atoms with E-state index in [9.17, 15) is 24.5 Å². The molecular weight excluding hydrogens is 459 g/mol. The van der Waals surface area contributed by atoms with E-state index in [0.717, 1.165) is 4.90 Å². The van der Waals surface area contributed by atoms with Crippen LogP contribution in [0.2, 0.25) is 10.0 Å². The van der Waals surface area contributed by atoms with Gasteiger partial charge in [-0.15, -0.1) is 0 Å². The van der Waals surface area contributed by atoms with Crippen LogP contribution in [0.25, 0.3) is 11.8 Å². The van der Waals surface area contributed by atoms with Crippen LogP contribution in [0.3, 0.4) is 0 Å². The summed E-state index contributed by atoms with van der Waals surface area (Å²) in [5.74, 6) is -1.67. The van der Waals surface area contributed by atoms with Crippen molar-refractivity contribution in [1.82, 2.24) is 9.88 Å². The summed E-state index contributed by atoms with van der Waals surface area (Å²) in [7, 11) is 0. The van der Waals surface area contributed by atoms with Crippen LogP contribution in [0, 0.1) is 10.1 Å². The highest BCUT2D eigenvalue weighted by atomic mass is 35.5. The number of nitrogens with one attached hydrogen (secondary N) is 1. The van der Waals surface area contributed by atoms with Gasteiger partial charge >= 0.3 is 6.03 Å². The summed E-state index contributed by atoms with van der Waals surface area (Å²) < 4.78 is 1.56. The number of benzene rings is 2. The number of hydrogen-bond acceptors (Lipinski definition) is 5. The van der Waals surface area contributed by atoms with E-state index in [1.165, 1.54) is 48.5 Å². The molecule has 1 saturated heterocycles. The van der Waals surface area contributed by atoms with Crippen LogP contribution in [-0.2, 0) is 9.59 Å². The van der Waals surface area contributed by atoms with Crippen molar-refractivity contribution in [3.05, 3.63) is 92.2 Å². The van der Waals surface area contributed by atoms with Crippen molar-refractivity contribution < 1.29 is 19.3 Å². The van der Waals surface area contributed by atoms with Gasteiger partial charge in [0.1, 0.15) is 5.57 Å². The number of imide groups is 2. The van der Waals surface area contributed by atoms with Crippen molar-refractivity contribution >= 4 is 58.5 Å². The first-order valence-corrected chi connectivity index (χ1v) is 9.80. The van der Waals surface area contributed by atoms with Crippen molar-refractivity contribution in [2.75, 3.05) is 4.90 Å². The Balaban J connectivity index is 1.74. The van der Waals surface area contributed by atoms with E-state index < -0.39 is 22.8 Å². The lowest BCUT2D eigenvalue weighted by atomic mass is 10.1. The minimum atomic E-state index is -0.881. The smallest absolute Gasteiger partial charge is 0.316 e. The summed E-state index contributed by atoms with van der Waals surface area (Å²) in [6.07, 6.45) is 2.93. The molecule has 160 valence electrons. The summed E-state index contributed by atoms with van der Waals surface area (Å²) in [4.78, 5) is 49.0. The Kier molecular flexibility index (Phi) is 5.52. The van der Waals surface area contributed by atoms with E-state index in [1.807, 2.05) is 0 Å². The molecule has 0 radical (unpaired) electrons. The number of carbonyl (C=O) groups excluding carboxylic acids is 3. The maximum Gasteiger partial charge on any atom is 0.335 e. The van der Waals surface area contributed by atoms with Crippen LogP contribution in [0.1, 0.15) is 5.69 Å². The highest BCUT2D eigenvalue weighted by molar-refractivity contribution is 6.39. The van der Waals surface area contributed by atoms with Crippen molar-refractivity contribution in [3.63, 3.8) is 0 Å². The summed E-state index contributed by atoms with van der Waals surface area (Å²) in [5, 5.41) is 13.6. The Labute approximate surface area is 190 Å². The van der Waals surface area contributed by atoms with E-state index in [2.05, 4.69) is 5.32 Å². The zero-order valence-electron chi connectivity index (χ0n) is 16.0. The third-order valence-electron chi connectivity index (χ3n) is 4.66. The van der Waals surface area contributed by atoms with Gasteiger partial charge in [0.25, 0.3) is 17.5 Å². The van der Waals surface area contributed by atoms with Gasteiger partial charge in [-0.3, -0.25) is 25.0 Å². The predicted molar refractivity (Wildman–Crippen MR) is 118 cm³/mol. The standard InChI is InChI=1S/C21H12Cl2N4O5/c22-12-3-5-13(6-4-12)26-20(29)16(19(28)24-21(26)30)10-14-2-1-9-25(14)18-8-7-15(27(31)32)11-17(18)23/h1-11H,(H,24,28,30). The third kappa shape index (κ3) is 3.86. The number of amides is 4. The van der Waals surface area contributed by atoms with Gasteiger partial charge in [0.2, 0.25) is 0 Å². The van der Waals surface area contributed by atoms with E-state index in [4.69, 9.17) is 23.2 Å². The molecule has 1 aliphatic heterocycles. The van der Waals surface area contributed by atoms with E-state index in [-0.39, 0.29) is 22.0 Å². The molecule has 4 rings (SSSR count). The minimum absolute atomic E-state index is 0.104. The van der Waals surface area contributed by atoms with E-state index in [1.54, 1.807) is 22.9 Å². The van der Waals surface area contributed by atoms with Gasteiger partial charge in [-0.25, -0.2) is 9.69 Å². The molecule has 1 fully saturated rings. The van der Waals surface area contributed by atoms with Crippen molar-refractivity contribution in [1.29, 1.82) is 0 Å². The lowest BCUT2D eigenvalue weighted by Gasteiger charge is -2.26. The molecule has 0 spiro atoms. The number of hydrogen-bond donors (Lipinski definition) is 1. The molecule has 3 aromatic rings. The van der Waals surface area contributed by atoms with Crippen LogP contribution in [0.5, 0.6) is 0 Å². The molecule has 2 heterocycles. The minimum Gasteiger partial charge on any atom is -0.316 e. The summed E-state index contributed by atoms with van der Waals surface area (Å²) >= 11 is 12.1. The van der Waals surface area contributed by atoms with Crippen LogP contribution in [-0.4, -0.2) is 27.3 Å². The number of nitrogens with zero attached hydrogens (tertiary/aromatic N) is 3.